The maximum Gasteiger partial charge on any atom is 0.150 e. The van der Waals surface area contributed by atoms with Crippen LogP contribution in [0.3, 0.4) is 0 Å². The molecule has 0 bridgehead atoms. The van der Waals surface area contributed by atoms with Crippen molar-refractivity contribution >= 4 is 18.0 Å². The van der Waals surface area contributed by atoms with Crippen LogP contribution in [0.15, 0.2) is 0 Å². The highest BCUT2D eigenvalue weighted by molar-refractivity contribution is 7.71. The number of rotatable bonds is 2. The molecule has 116 valence electrons. The van der Waals surface area contributed by atoms with Crippen LogP contribution in [0.2, 0.25) is 0 Å². The molecule has 1 aromatic heterocycles. The second-order valence-corrected chi connectivity index (χ2v) is 6.79. The van der Waals surface area contributed by atoms with E-state index < -0.39 is 0 Å². The van der Waals surface area contributed by atoms with Gasteiger partial charge in [-0.2, -0.15) is 0 Å². The number of aryl methyl sites for hydroxylation is 1. The van der Waals surface area contributed by atoms with Crippen molar-refractivity contribution in [2.75, 3.05) is 31.2 Å². The fourth-order valence-corrected chi connectivity index (χ4v) is 3.66. The summed E-state index contributed by atoms with van der Waals surface area (Å²) in [6.07, 6.45) is 2.24. The maximum atomic E-state index is 9.55. The van der Waals surface area contributed by atoms with Gasteiger partial charge in [-0.25, -0.2) is 4.98 Å². The van der Waals surface area contributed by atoms with E-state index in [4.69, 9.17) is 17.0 Å². The molecular formula is C15H23N3O2S. The van der Waals surface area contributed by atoms with Crippen LogP contribution in [-0.2, 0) is 11.3 Å². The molecule has 5 nitrogen and oxygen atoms in total. The number of aromatic amines is 1. The van der Waals surface area contributed by atoms with Crippen molar-refractivity contribution in [3.63, 3.8) is 0 Å². The zero-order chi connectivity index (χ0) is 15.0. The highest BCUT2D eigenvalue weighted by Gasteiger charge is 2.43. The van der Waals surface area contributed by atoms with Gasteiger partial charge in [0.2, 0.25) is 0 Å². The zero-order valence-corrected chi connectivity index (χ0v) is 13.5. The third-order valence-electron chi connectivity index (χ3n) is 5.16. The summed E-state index contributed by atoms with van der Waals surface area (Å²) in [5.41, 5.74) is 1.87. The van der Waals surface area contributed by atoms with E-state index in [2.05, 4.69) is 21.8 Å². The van der Waals surface area contributed by atoms with Gasteiger partial charge in [0.15, 0.2) is 5.82 Å². The second kappa shape index (κ2) is 5.66. The lowest BCUT2D eigenvalue weighted by Gasteiger charge is -2.41. The molecule has 0 amide bonds. The molecule has 6 heteroatoms. The summed E-state index contributed by atoms with van der Waals surface area (Å²) >= 11 is 5.20. The summed E-state index contributed by atoms with van der Waals surface area (Å²) in [5.74, 6) is 1.48. The summed E-state index contributed by atoms with van der Waals surface area (Å²) in [6.45, 7) is 7.82. The number of aromatic nitrogens is 2. The molecule has 1 atom stereocenters. The average Bonchev–Trinajstić information content (AvgIpc) is 2.83. The molecule has 3 heterocycles. The first kappa shape index (κ1) is 14.9. The number of nitrogens with one attached hydrogen (secondary N) is 1. The molecular weight excluding hydrogens is 286 g/mol. The van der Waals surface area contributed by atoms with E-state index in [-0.39, 0.29) is 6.61 Å². The fraction of sp³-hybridized carbons (Fsp3) is 0.733. The van der Waals surface area contributed by atoms with Crippen LogP contribution in [0, 0.1) is 22.9 Å². The molecule has 2 aliphatic rings. The fourth-order valence-electron chi connectivity index (χ4n) is 3.49. The third kappa shape index (κ3) is 2.60. The molecule has 0 saturated carbocycles. The SMILES string of the molecule is Cc1nc(N2CCC3(CC2)COC[C@H]3C)c(CO)[nH]c1=S. The summed E-state index contributed by atoms with van der Waals surface area (Å²) in [4.78, 5) is 9.96. The highest BCUT2D eigenvalue weighted by Crippen LogP contribution is 2.44. The number of aliphatic hydroxyl groups excluding tert-OH is 1. The Hall–Kier alpha value is -0.980. The minimum atomic E-state index is -0.0621. The molecule has 2 N–H and O–H groups in total. The van der Waals surface area contributed by atoms with E-state index >= 15 is 0 Å². The number of hydrogen-bond acceptors (Lipinski definition) is 5. The van der Waals surface area contributed by atoms with Gasteiger partial charge in [0.25, 0.3) is 0 Å². The van der Waals surface area contributed by atoms with Crippen LogP contribution >= 0.6 is 12.2 Å². The number of H-pyrrole nitrogens is 1. The lowest BCUT2D eigenvalue weighted by atomic mass is 9.72. The van der Waals surface area contributed by atoms with Gasteiger partial charge in [0.1, 0.15) is 4.64 Å². The first-order valence-corrected chi connectivity index (χ1v) is 8.00. The van der Waals surface area contributed by atoms with Crippen molar-refractivity contribution in [3.8, 4) is 0 Å². The minimum absolute atomic E-state index is 0.0621. The molecule has 3 rings (SSSR count). The number of aliphatic hydroxyl groups is 1. The van der Waals surface area contributed by atoms with Crippen molar-refractivity contribution in [2.45, 2.75) is 33.3 Å². The van der Waals surface area contributed by atoms with Gasteiger partial charge in [0, 0.05) is 25.1 Å². The summed E-state index contributed by atoms with van der Waals surface area (Å²) in [5, 5.41) is 9.55. The Kier molecular flexibility index (Phi) is 4.03. The Labute approximate surface area is 130 Å². The van der Waals surface area contributed by atoms with Crippen molar-refractivity contribution in [2.24, 2.45) is 11.3 Å². The lowest BCUT2D eigenvalue weighted by molar-refractivity contribution is 0.127. The molecule has 21 heavy (non-hydrogen) atoms. The number of hydrogen-bond donors (Lipinski definition) is 2. The molecule has 2 aliphatic heterocycles. The first-order chi connectivity index (χ1) is 10.1. The second-order valence-electron chi connectivity index (χ2n) is 6.38. The number of ether oxygens (including phenoxy) is 1. The Bertz CT molecular complexity index is 579. The van der Waals surface area contributed by atoms with Gasteiger partial charge in [-0.3, -0.25) is 0 Å². The van der Waals surface area contributed by atoms with Gasteiger partial charge in [-0.1, -0.05) is 19.1 Å². The van der Waals surface area contributed by atoms with Gasteiger partial charge in [0.05, 0.1) is 24.6 Å². The first-order valence-electron chi connectivity index (χ1n) is 7.59. The quantitative estimate of drug-likeness (QED) is 0.820. The summed E-state index contributed by atoms with van der Waals surface area (Å²) in [6, 6.07) is 0. The maximum absolute atomic E-state index is 9.55. The van der Waals surface area contributed by atoms with Crippen LogP contribution in [0.25, 0.3) is 0 Å². The zero-order valence-electron chi connectivity index (χ0n) is 12.7. The summed E-state index contributed by atoms with van der Waals surface area (Å²) < 4.78 is 6.28. The molecule has 0 radical (unpaired) electrons. The highest BCUT2D eigenvalue weighted by atomic mass is 32.1. The van der Waals surface area contributed by atoms with E-state index in [1.54, 1.807) is 0 Å². The molecule has 2 fully saturated rings. The number of anilines is 1. The molecule has 1 spiro atoms. The Morgan fingerprint density at radius 1 is 1.48 bits per heavy atom. The number of piperidine rings is 1. The monoisotopic (exact) mass is 309 g/mol. The summed E-state index contributed by atoms with van der Waals surface area (Å²) in [7, 11) is 0. The predicted molar refractivity (Wildman–Crippen MR) is 83.9 cm³/mol. The van der Waals surface area contributed by atoms with Crippen LogP contribution in [0.4, 0.5) is 5.82 Å². The van der Waals surface area contributed by atoms with Gasteiger partial charge in [-0.15, -0.1) is 0 Å². The van der Waals surface area contributed by atoms with Crippen LogP contribution in [-0.4, -0.2) is 41.4 Å². The topological polar surface area (TPSA) is 61.4 Å². The van der Waals surface area contributed by atoms with E-state index in [1.807, 2.05) is 6.92 Å². The van der Waals surface area contributed by atoms with Crippen LogP contribution < -0.4 is 4.90 Å². The Morgan fingerprint density at radius 2 is 2.19 bits per heavy atom. The van der Waals surface area contributed by atoms with E-state index in [9.17, 15) is 5.11 Å². The van der Waals surface area contributed by atoms with E-state index in [0.717, 1.165) is 56.4 Å². The number of nitrogens with zero attached hydrogens (tertiary/aromatic N) is 2. The van der Waals surface area contributed by atoms with Gasteiger partial charge in [-0.05, 0) is 25.7 Å². The normalized spacial score (nSPS) is 24.7. The molecule has 0 aromatic carbocycles. The smallest absolute Gasteiger partial charge is 0.150 e. The van der Waals surface area contributed by atoms with Crippen molar-refractivity contribution in [1.29, 1.82) is 0 Å². The Balaban J connectivity index is 1.81. The van der Waals surface area contributed by atoms with Crippen LogP contribution in [0.1, 0.15) is 31.2 Å². The standard InChI is InChI=1S/C15H23N3O2S/c1-10-8-20-9-15(10)3-5-18(6-4-15)13-12(7-19)17-14(21)11(2)16-13/h10,19H,3-9H2,1-2H3,(H,17,21)/t10-/m1/s1. The molecule has 0 unspecified atom stereocenters. The molecule has 2 saturated heterocycles. The van der Waals surface area contributed by atoms with Crippen molar-refractivity contribution in [1.82, 2.24) is 9.97 Å². The Morgan fingerprint density at radius 3 is 2.76 bits per heavy atom. The molecule has 0 aliphatic carbocycles. The van der Waals surface area contributed by atoms with Gasteiger partial charge >= 0.3 is 0 Å². The molecule has 1 aromatic rings. The largest absolute Gasteiger partial charge is 0.390 e. The van der Waals surface area contributed by atoms with E-state index in [0.29, 0.717) is 16.0 Å². The minimum Gasteiger partial charge on any atom is -0.390 e. The van der Waals surface area contributed by atoms with Crippen molar-refractivity contribution < 1.29 is 9.84 Å². The average molecular weight is 309 g/mol. The van der Waals surface area contributed by atoms with Crippen molar-refractivity contribution in [3.05, 3.63) is 16.0 Å². The predicted octanol–water partition coefficient (Wildman–Crippen LogP) is 2.19. The van der Waals surface area contributed by atoms with Crippen LogP contribution in [0.5, 0.6) is 0 Å². The van der Waals surface area contributed by atoms with Gasteiger partial charge < -0.3 is 19.7 Å². The third-order valence-corrected chi connectivity index (χ3v) is 5.55. The van der Waals surface area contributed by atoms with E-state index in [1.165, 1.54) is 0 Å². The lowest BCUT2D eigenvalue weighted by Crippen LogP contribution is -2.44.